The summed E-state index contributed by atoms with van der Waals surface area (Å²) in [6, 6.07) is 18.0. The Bertz CT molecular complexity index is 1110. The van der Waals surface area contributed by atoms with Crippen LogP contribution in [0.1, 0.15) is 35.3 Å². The average molecular weight is 402 g/mol. The molecule has 2 aliphatic rings. The minimum Gasteiger partial charge on any atom is -0.497 e. The predicted octanol–water partition coefficient (Wildman–Crippen LogP) is 3.36. The van der Waals surface area contributed by atoms with Crippen molar-refractivity contribution in [2.45, 2.75) is 31.7 Å². The van der Waals surface area contributed by atoms with Gasteiger partial charge in [-0.05, 0) is 61.6 Å². The Hall–Kier alpha value is -3.15. The molecule has 5 rings (SSSR count). The van der Waals surface area contributed by atoms with Gasteiger partial charge < -0.3 is 14.2 Å². The lowest BCUT2D eigenvalue weighted by Crippen LogP contribution is -2.50. The van der Waals surface area contributed by atoms with E-state index in [2.05, 4.69) is 43.9 Å². The van der Waals surface area contributed by atoms with Crippen molar-refractivity contribution < 1.29 is 4.74 Å². The van der Waals surface area contributed by atoms with E-state index in [1.807, 2.05) is 31.2 Å². The SMILES string of the molecule is COc1cccc(C[C@H]2[C@H]3C[C@H](CN(c4ccc(C)nn4)C3)c3cccc(=O)n32)c1. The van der Waals surface area contributed by atoms with Gasteiger partial charge in [0.05, 0.1) is 12.8 Å². The minimum absolute atomic E-state index is 0.0960. The van der Waals surface area contributed by atoms with Crippen LogP contribution in [0.5, 0.6) is 5.75 Å². The minimum atomic E-state index is 0.0960. The molecule has 2 aromatic heterocycles. The van der Waals surface area contributed by atoms with Gasteiger partial charge in [-0.2, -0.15) is 5.10 Å². The molecule has 3 aromatic rings. The van der Waals surface area contributed by atoms with E-state index in [9.17, 15) is 4.79 Å². The summed E-state index contributed by atoms with van der Waals surface area (Å²) in [5.41, 5.74) is 3.34. The molecule has 0 N–H and O–H groups in total. The molecule has 6 nitrogen and oxygen atoms in total. The number of piperidine rings is 1. The third-order valence-electron chi connectivity index (χ3n) is 6.49. The molecule has 0 aliphatic carbocycles. The first-order chi connectivity index (χ1) is 14.6. The highest BCUT2D eigenvalue weighted by Gasteiger charge is 2.40. The van der Waals surface area contributed by atoms with Crippen LogP contribution >= 0.6 is 0 Å². The van der Waals surface area contributed by atoms with Gasteiger partial charge in [0, 0.05) is 36.8 Å². The molecule has 30 heavy (non-hydrogen) atoms. The van der Waals surface area contributed by atoms with Crippen molar-refractivity contribution in [3.05, 3.63) is 81.9 Å². The maximum absolute atomic E-state index is 12.9. The van der Waals surface area contributed by atoms with Gasteiger partial charge in [-0.3, -0.25) is 4.79 Å². The zero-order chi connectivity index (χ0) is 20.7. The Labute approximate surface area is 176 Å². The van der Waals surface area contributed by atoms with Gasteiger partial charge in [0.2, 0.25) is 0 Å². The number of aromatic nitrogens is 3. The van der Waals surface area contributed by atoms with E-state index in [4.69, 9.17) is 4.74 Å². The molecule has 1 saturated heterocycles. The normalized spacial score (nSPS) is 22.5. The third kappa shape index (κ3) is 3.36. The van der Waals surface area contributed by atoms with Crippen molar-refractivity contribution in [1.82, 2.24) is 14.8 Å². The van der Waals surface area contributed by atoms with Crippen molar-refractivity contribution in [2.75, 3.05) is 25.1 Å². The highest BCUT2D eigenvalue weighted by Crippen LogP contribution is 2.43. The molecule has 0 unspecified atom stereocenters. The van der Waals surface area contributed by atoms with Crippen molar-refractivity contribution >= 4 is 5.82 Å². The number of methoxy groups -OCH3 is 1. The number of ether oxygens (including phenoxy) is 1. The second kappa shape index (κ2) is 7.59. The summed E-state index contributed by atoms with van der Waals surface area (Å²) in [4.78, 5) is 15.2. The number of benzene rings is 1. The Morgan fingerprint density at radius 3 is 2.73 bits per heavy atom. The van der Waals surface area contributed by atoms with Gasteiger partial charge >= 0.3 is 0 Å². The summed E-state index contributed by atoms with van der Waals surface area (Å²) in [5.74, 6) is 2.46. The van der Waals surface area contributed by atoms with Crippen LogP contribution in [0.25, 0.3) is 0 Å². The Kier molecular flexibility index (Phi) is 4.77. The van der Waals surface area contributed by atoms with Crippen LogP contribution in [0.15, 0.2) is 59.4 Å². The van der Waals surface area contributed by atoms with Crippen molar-refractivity contribution in [3.63, 3.8) is 0 Å². The third-order valence-corrected chi connectivity index (χ3v) is 6.49. The Balaban J connectivity index is 1.53. The van der Waals surface area contributed by atoms with Crippen molar-refractivity contribution in [3.8, 4) is 5.75 Å². The van der Waals surface area contributed by atoms with Gasteiger partial charge in [-0.1, -0.05) is 18.2 Å². The number of rotatable bonds is 4. The van der Waals surface area contributed by atoms with Gasteiger partial charge in [0.15, 0.2) is 5.82 Å². The molecule has 0 spiro atoms. The van der Waals surface area contributed by atoms with E-state index in [1.165, 1.54) is 5.56 Å². The first-order valence-corrected chi connectivity index (χ1v) is 10.5. The summed E-state index contributed by atoms with van der Waals surface area (Å²) in [6.07, 6.45) is 1.90. The molecule has 3 atom stereocenters. The number of aryl methyl sites for hydroxylation is 1. The zero-order valence-corrected chi connectivity index (χ0v) is 17.4. The van der Waals surface area contributed by atoms with Crippen LogP contribution in [-0.4, -0.2) is 35.0 Å². The quantitative estimate of drug-likeness (QED) is 0.670. The molecule has 1 aromatic carbocycles. The van der Waals surface area contributed by atoms with Crippen LogP contribution < -0.4 is 15.2 Å². The molecule has 1 fully saturated rings. The van der Waals surface area contributed by atoms with Gasteiger partial charge in [0.25, 0.3) is 5.56 Å². The Morgan fingerprint density at radius 2 is 1.93 bits per heavy atom. The molecule has 0 amide bonds. The lowest BCUT2D eigenvalue weighted by Gasteiger charge is -2.47. The summed E-state index contributed by atoms with van der Waals surface area (Å²) < 4.78 is 7.46. The lowest BCUT2D eigenvalue weighted by atomic mass is 9.76. The summed E-state index contributed by atoms with van der Waals surface area (Å²) in [6.45, 7) is 3.70. The van der Waals surface area contributed by atoms with E-state index < -0.39 is 0 Å². The number of pyridine rings is 1. The zero-order valence-electron chi connectivity index (χ0n) is 17.4. The largest absolute Gasteiger partial charge is 0.497 e. The Morgan fingerprint density at radius 1 is 1.07 bits per heavy atom. The first kappa shape index (κ1) is 18.9. The molecule has 0 saturated carbocycles. The standard InChI is InChI=1S/C24H26N4O2/c1-16-9-10-23(26-25-16)27-14-18-13-19(15-27)22(28-21(18)7-4-8-24(28)29)12-17-5-3-6-20(11-17)30-2/h3-11,18-19,22H,12-15H2,1-2H3/t18-,19+,22+/m1/s1. The summed E-state index contributed by atoms with van der Waals surface area (Å²) in [7, 11) is 1.69. The van der Waals surface area contributed by atoms with Crippen LogP contribution in [0.4, 0.5) is 5.82 Å². The second-order valence-corrected chi connectivity index (χ2v) is 8.41. The van der Waals surface area contributed by atoms with Gasteiger partial charge in [-0.15, -0.1) is 5.10 Å². The topological polar surface area (TPSA) is 60.2 Å². The van der Waals surface area contributed by atoms with Crippen molar-refractivity contribution in [2.24, 2.45) is 5.92 Å². The molecule has 0 radical (unpaired) electrons. The lowest BCUT2D eigenvalue weighted by molar-refractivity contribution is 0.210. The van der Waals surface area contributed by atoms with E-state index in [0.717, 1.165) is 48.9 Å². The first-order valence-electron chi connectivity index (χ1n) is 10.5. The van der Waals surface area contributed by atoms with E-state index in [0.29, 0.717) is 11.8 Å². The van der Waals surface area contributed by atoms with E-state index in [-0.39, 0.29) is 11.6 Å². The van der Waals surface area contributed by atoms with Crippen molar-refractivity contribution in [1.29, 1.82) is 0 Å². The molecule has 2 aliphatic heterocycles. The van der Waals surface area contributed by atoms with Crippen LogP contribution in [0.2, 0.25) is 0 Å². The monoisotopic (exact) mass is 402 g/mol. The van der Waals surface area contributed by atoms with Crippen LogP contribution in [-0.2, 0) is 6.42 Å². The summed E-state index contributed by atoms with van der Waals surface area (Å²) in [5, 5.41) is 8.68. The molecular formula is C24H26N4O2. The van der Waals surface area contributed by atoms with Crippen LogP contribution in [0, 0.1) is 12.8 Å². The smallest absolute Gasteiger partial charge is 0.251 e. The molecule has 4 heterocycles. The van der Waals surface area contributed by atoms with E-state index in [1.54, 1.807) is 13.2 Å². The highest BCUT2D eigenvalue weighted by molar-refractivity contribution is 5.40. The molecule has 6 heteroatoms. The fourth-order valence-corrected chi connectivity index (χ4v) is 5.09. The maximum Gasteiger partial charge on any atom is 0.251 e. The molecule has 2 bridgehead atoms. The van der Waals surface area contributed by atoms with Gasteiger partial charge in [-0.25, -0.2) is 0 Å². The molecule has 154 valence electrons. The van der Waals surface area contributed by atoms with Gasteiger partial charge in [0.1, 0.15) is 5.75 Å². The average Bonchev–Trinajstić information content (AvgIpc) is 2.77. The fourth-order valence-electron chi connectivity index (χ4n) is 5.09. The number of nitrogens with zero attached hydrogens (tertiary/aromatic N) is 4. The maximum atomic E-state index is 12.9. The van der Waals surface area contributed by atoms with Crippen LogP contribution in [0.3, 0.4) is 0 Å². The summed E-state index contributed by atoms with van der Waals surface area (Å²) >= 11 is 0. The highest BCUT2D eigenvalue weighted by atomic mass is 16.5. The fraction of sp³-hybridized carbons (Fsp3) is 0.375. The van der Waals surface area contributed by atoms with E-state index >= 15 is 0 Å². The number of hydrogen-bond donors (Lipinski definition) is 0. The predicted molar refractivity (Wildman–Crippen MR) is 116 cm³/mol. The number of anilines is 1. The number of hydrogen-bond acceptors (Lipinski definition) is 5. The second-order valence-electron chi connectivity index (χ2n) is 8.41. The number of fused-ring (bicyclic) bond motifs is 4. The molecular weight excluding hydrogens is 376 g/mol.